The van der Waals surface area contributed by atoms with E-state index in [9.17, 15) is 139 Å². The zero-order valence-corrected chi connectivity index (χ0v) is 79.4. The molecule has 0 aliphatic carbocycles. The molecule has 0 bridgehead atoms. The van der Waals surface area contributed by atoms with Crippen LogP contribution in [0.4, 0.5) is 0 Å². The molecule has 8 rings (SSSR count). The van der Waals surface area contributed by atoms with Crippen molar-refractivity contribution in [1.82, 2.24) is 26.6 Å². The first-order valence-electron chi connectivity index (χ1n) is 43.1. The highest BCUT2D eigenvalue weighted by molar-refractivity contribution is 7.16. The Morgan fingerprint density at radius 2 is 0.587 bits per heavy atom. The molecule has 58 heteroatoms. The summed E-state index contributed by atoms with van der Waals surface area (Å²) >= 11 is 0. The Balaban J connectivity index is 0.000000360. The van der Waals surface area contributed by atoms with Gasteiger partial charge in [0.05, 0.1) is 99.9 Å². The summed E-state index contributed by atoms with van der Waals surface area (Å²) in [5, 5.41) is 174. The number of aldehydes is 3. The van der Waals surface area contributed by atoms with Gasteiger partial charge in [-0.2, -0.15) is 0 Å². The van der Waals surface area contributed by atoms with Gasteiger partial charge in [-0.1, -0.05) is 0 Å². The topological polar surface area (TPSA) is 810 Å². The van der Waals surface area contributed by atoms with Gasteiger partial charge < -0.3 is 232 Å². The Morgan fingerprint density at radius 1 is 0.319 bits per heavy atom. The lowest BCUT2D eigenvalue weighted by molar-refractivity contribution is -0.362. The fourth-order valence-electron chi connectivity index (χ4n) is 15.8. The molecule has 8 fully saturated rings. The molecule has 47 atom stereocenters. The third kappa shape index (κ3) is 34.2. The molecule has 5 amide bonds. The Hall–Kier alpha value is -6.77. The summed E-state index contributed by atoms with van der Waals surface area (Å²) in [6.45, 7) is 14.0. The number of ether oxygens (including phenoxy) is 24. The van der Waals surface area contributed by atoms with Gasteiger partial charge in [-0.25, -0.2) is 0 Å². The number of carbonyl (C=O) groups is 12. The number of methoxy groups -OCH3 is 5. The van der Waals surface area contributed by atoms with Gasteiger partial charge in [-0.05, 0) is 41.5 Å². The van der Waals surface area contributed by atoms with E-state index in [4.69, 9.17) is 109 Å². The summed E-state index contributed by atoms with van der Waals surface area (Å²) in [6.07, 6.45) is -47.4. The van der Waals surface area contributed by atoms with Crippen molar-refractivity contribution >= 4 is 83.5 Å². The number of aliphatic hydroxyl groups is 16. The van der Waals surface area contributed by atoms with Crippen molar-refractivity contribution in [2.45, 2.75) is 358 Å². The molecule has 57 nitrogen and oxygen atoms in total. The van der Waals surface area contributed by atoms with Crippen molar-refractivity contribution in [3.05, 3.63) is 0 Å². The highest BCUT2D eigenvalue weighted by Gasteiger charge is 2.57. The zero-order valence-electron chi connectivity index (χ0n) is 78.3. The van der Waals surface area contributed by atoms with E-state index in [1.165, 1.54) is 63.1 Å². The summed E-state index contributed by atoms with van der Waals surface area (Å²) in [6, 6.07) is -4.08. The molecule has 0 aromatic carbocycles. The number of carbonyl (C=O) groups excluding carboxylic acids is 12. The Labute approximate surface area is 793 Å². The lowest BCUT2D eigenvalue weighted by Crippen LogP contribution is -2.67. The predicted octanol–water partition coefficient (Wildman–Crippen LogP) is -14.1. The molecule has 8 aliphatic rings. The van der Waals surface area contributed by atoms with Gasteiger partial charge in [-0.15, -0.1) is 9.24 Å². The largest absolute Gasteiger partial charge is 0.435 e. The molecule has 0 spiro atoms. The van der Waals surface area contributed by atoms with E-state index in [1.54, 1.807) is 41.5 Å². The van der Waals surface area contributed by atoms with Crippen LogP contribution in [0.5, 0.6) is 0 Å². The van der Waals surface area contributed by atoms with Gasteiger partial charge in [0.15, 0.2) is 56.2 Å². The van der Waals surface area contributed by atoms with Crippen molar-refractivity contribution in [3.63, 3.8) is 0 Å². The molecule has 8 heterocycles. The lowest BCUT2D eigenvalue weighted by Gasteiger charge is -2.47. The first-order valence-corrected chi connectivity index (χ1v) is 43.9. The standard InChI is InChI=1S/2C16H27NO11.C16H25NO11.C16H28NO10P.C16H29NO9/c2*1-6-9(17-7(2)20)13(10(21)8(4-18)26-6)27-15-12(23)11(22)14(24-3)16(28-15)25-5-19;1-8-13(17-9(2)22)15(14(23)10(4-18)26-8)27-12(6-20)28-16(25-7-21)11(5-19)24-3;1-8-13(17-9(2)21)15(14(22)10(4-18)25-8)26-12(6-28)27-16(24-7-20)11(5-19)23-3;1-6-10(17-8(3)19)15(11(20)9(5-18)24-6)26-16-13(22)12(21)14(23-4)7(2)25-16/h2*5-6,8-16,18,21-23H,4H2,1-3H3,(H,17,20);5-8,10-16,18,23H,4H2,1-3H3,(H,17,22);5,7-8,10-16,18,22H,4,6,28H2,1-3H3,(H,17,21);6-7,9-16,18,20-22H,5H2,1-4H3,(H,17,19)/t2*6-,8?,9+,10-,11?,12-,13?,14-,15+,16?;2*8-,10?,11?,12+,13+,14-,15?,16?;6-,7?,9?,10+,11-,12?,13-,14+,15?,16-/m00000/s1. The third-order valence-electron chi connectivity index (χ3n) is 22.6. The van der Waals surface area contributed by atoms with Crippen LogP contribution in [0.15, 0.2) is 0 Å². The number of hydrogen-bond donors (Lipinski definition) is 21. The van der Waals surface area contributed by atoms with Crippen molar-refractivity contribution in [3.8, 4) is 0 Å². The number of aliphatic hydroxyl groups excluding tert-OH is 16. The maximum absolute atomic E-state index is 11.5. The van der Waals surface area contributed by atoms with Gasteiger partial charge in [0.25, 0.3) is 25.9 Å². The van der Waals surface area contributed by atoms with Crippen LogP contribution < -0.4 is 26.6 Å². The van der Waals surface area contributed by atoms with Gasteiger partial charge in [-0.3, -0.25) is 47.9 Å². The van der Waals surface area contributed by atoms with Gasteiger partial charge >= 0.3 is 0 Å². The van der Waals surface area contributed by atoms with Crippen LogP contribution in [0.3, 0.4) is 0 Å². The first kappa shape index (κ1) is 124. The van der Waals surface area contributed by atoms with Crippen LogP contribution in [0.25, 0.3) is 0 Å². The minimum Gasteiger partial charge on any atom is -0.435 e. The maximum atomic E-state index is 11.5. The minimum atomic E-state index is -1.71. The van der Waals surface area contributed by atoms with Crippen molar-refractivity contribution in [2.24, 2.45) is 0 Å². The molecule has 8 saturated heterocycles. The zero-order chi connectivity index (χ0) is 104. The summed E-state index contributed by atoms with van der Waals surface area (Å²) in [4.78, 5) is 134. The van der Waals surface area contributed by atoms with E-state index in [2.05, 4.69) is 40.6 Å². The van der Waals surface area contributed by atoms with Crippen LogP contribution in [-0.4, -0.2) is 513 Å². The molecule has 0 aromatic heterocycles. The second-order valence-corrected chi connectivity index (χ2v) is 32.7. The quantitative estimate of drug-likeness (QED) is 0.0117. The van der Waals surface area contributed by atoms with Crippen LogP contribution in [0, 0.1) is 0 Å². The average Bonchev–Trinajstić information content (AvgIpc) is 0.787. The smallest absolute Gasteiger partial charge is 0.295 e. The van der Waals surface area contributed by atoms with Crippen molar-refractivity contribution < 1.29 is 253 Å². The van der Waals surface area contributed by atoms with E-state index in [0.29, 0.717) is 12.6 Å². The minimum absolute atomic E-state index is 0.00464. The summed E-state index contributed by atoms with van der Waals surface area (Å²) in [5.41, 5.74) is 0. The number of amides is 5. The highest BCUT2D eigenvalue weighted by Crippen LogP contribution is 2.36. The summed E-state index contributed by atoms with van der Waals surface area (Å²) < 4.78 is 126. The first-order chi connectivity index (χ1) is 65.3. The number of rotatable bonds is 43. The van der Waals surface area contributed by atoms with Crippen LogP contribution in [0.1, 0.15) is 76.2 Å². The lowest BCUT2D eigenvalue weighted by atomic mass is 9.92. The molecule has 0 aromatic rings. The molecule has 21 unspecified atom stereocenters. The van der Waals surface area contributed by atoms with Gasteiger partial charge in [0.1, 0.15) is 146 Å². The summed E-state index contributed by atoms with van der Waals surface area (Å²) in [5.74, 6) is -2.01. The van der Waals surface area contributed by atoms with Gasteiger partial charge in [0, 0.05) is 76.3 Å². The monoisotopic (exact) mass is 2030 g/mol. The third-order valence-corrected chi connectivity index (χ3v) is 23.0. The molecule has 8 aliphatic heterocycles. The fourth-order valence-corrected chi connectivity index (χ4v) is 16.0. The predicted molar refractivity (Wildman–Crippen MR) is 450 cm³/mol. The number of nitrogens with one attached hydrogen (secondary N) is 5. The second kappa shape index (κ2) is 61.4. The molecule has 138 heavy (non-hydrogen) atoms. The Kier molecular flexibility index (Phi) is 54.9. The Bertz CT molecular complexity index is 3540. The van der Waals surface area contributed by atoms with Gasteiger partial charge in [0.2, 0.25) is 61.0 Å². The fraction of sp³-hybridized carbons (Fsp3) is 0.850. The second-order valence-electron chi connectivity index (χ2n) is 32.2. The SMILES string of the molecule is COC(C=O)C(OC=O)O[C@H](C=O)OC1[C@@H](O)C(CO)O[C@@H](C)[C@H]1NC(C)=O.COC(C=O)C(OC=O)O[C@H](CP)OC1[C@@H](O)C(CO)O[C@@H](C)[C@H]1NC(C)=O.CO[C@@H]1C(C)O[C@@H](OC2[C@@H](O)C(CO)O[C@@H](C)[C@H]2NC(C)=O)[C@@H](O)C1O.CO[C@@H]1C(OC=O)O[C@@H](OC2[C@@H](O)C(CO)O[C@@H](C)[C@H]2NC(C)=O)[C@@H](O)C1O.CO[C@@H]1C(OC=O)O[C@@H](OC2[C@@H](O)C(CO)O[C@@H](C)[C@H]2NC(C)=O)[C@@H](O)C1O. The molecule has 21 N–H and O–H groups in total. The highest BCUT2D eigenvalue weighted by atomic mass is 31.0. The molecular formula is C80H136N5O52P. The summed E-state index contributed by atoms with van der Waals surface area (Å²) in [7, 11) is 8.61. The van der Waals surface area contributed by atoms with Crippen LogP contribution >= 0.6 is 9.24 Å². The van der Waals surface area contributed by atoms with E-state index in [1.807, 2.05) is 0 Å². The molecule has 0 radical (unpaired) electrons. The van der Waals surface area contributed by atoms with E-state index < -0.39 is 333 Å². The maximum Gasteiger partial charge on any atom is 0.295 e. The van der Waals surface area contributed by atoms with Crippen LogP contribution in [-0.2, 0) is 171 Å². The molecule has 798 valence electrons. The Morgan fingerprint density at radius 3 is 0.833 bits per heavy atom. The molecular weight excluding hydrogens is 1890 g/mol. The van der Waals surface area contributed by atoms with Crippen molar-refractivity contribution in [1.29, 1.82) is 0 Å². The number of hydrogen-bond acceptors (Lipinski definition) is 52. The van der Waals surface area contributed by atoms with E-state index >= 15 is 0 Å². The van der Waals surface area contributed by atoms with E-state index in [0.717, 1.165) is 7.11 Å². The normalized spacial score (nSPS) is 39.1. The van der Waals surface area contributed by atoms with E-state index in [-0.39, 0.29) is 50.2 Å². The van der Waals surface area contributed by atoms with Crippen molar-refractivity contribution in [2.75, 3.05) is 74.7 Å². The van der Waals surface area contributed by atoms with Crippen LogP contribution in [0.2, 0.25) is 0 Å². The molecule has 0 saturated carbocycles. The average molecular weight is 2030 g/mol.